The van der Waals surface area contributed by atoms with Crippen LogP contribution in [0.4, 0.5) is 4.39 Å². The van der Waals surface area contributed by atoms with Crippen molar-refractivity contribution in [2.24, 2.45) is 5.92 Å². The van der Waals surface area contributed by atoms with Gasteiger partial charge in [0.15, 0.2) is 6.04 Å². The maximum Gasteiger partial charge on any atom is 0.329 e. The molecule has 1 saturated carbocycles. The zero-order chi connectivity index (χ0) is 27.0. The molecule has 0 radical (unpaired) electrons. The van der Waals surface area contributed by atoms with Crippen molar-refractivity contribution in [3.63, 3.8) is 0 Å². The number of halogens is 3. The molecule has 2 saturated heterocycles. The van der Waals surface area contributed by atoms with E-state index in [1.54, 1.807) is 19.1 Å². The van der Waals surface area contributed by atoms with E-state index >= 15 is 4.39 Å². The van der Waals surface area contributed by atoms with E-state index in [9.17, 15) is 14.7 Å². The van der Waals surface area contributed by atoms with E-state index in [-0.39, 0.29) is 18.2 Å². The minimum absolute atomic E-state index is 0.141. The highest BCUT2D eigenvalue weighted by atomic mass is 35.5. The van der Waals surface area contributed by atoms with Gasteiger partial charge in [-0.25, -0.2) is 9.18 Å². The smallest absolute Gasteiger partial charge is 0.329 e. The van der Waals surface area contributed by atoms with Gasteiger partial charge in [-0.1, -0.05) is 23.2 Å². The van der Waals surface area contributed by atoms with E-state index < -0.39 is 29.8 Å². The van der Waals surface area contributed by atoms with E-state index in [1.807, 2.05) is 12.1 Å². The lowest BCUT2D eigenvalue weighted by atomic mass is 9.97. The van der Waals surface area contributed by atoms with Gasteiger partial charge < -0.3 is 14.6 Å². The Balaban J connectivity index is 1.21. The first kappa shape index (κ1) is 27.2. The number of piperidine rings is 1. The molecule has 2 aromatic carbocycles. The van der Waals surface area contributed by atoms with Crippen LogP contribution in [0.5, 0.6) is 5.75 Å². The van der Waals surface area contributed by atoms with Crippen LogP contribution in [-0.4, -0.2) is 65.4 Å². The molecule has 1 N–H and O–H groups in total. The number of aliphatic carboxylic acids is 1. The molecule has 0 spiro atoms. The summed E-state index contributed by atoms with van der Waals surface area (Å²) in [6, 6.07) is 7.28. The summed E-state index contributed by atoms with van der Waals surface area (Å²) in [4.78, 5) is 28.2. The number of hydrogen-bond acceptors (Lipinski definition) is 5. The van der Waals surface area contributed by atoms with Crippen LogP contribution in [0.1, 0.15) is 60.0 Å². The lowest BCUT2D eigenvalue weighted by Crippen LogP contribution is -2.44. The number of hydrogen-bond donors (Lipinski definition) is 1. The molecular weight excluding hydrogens is 534 g/mol. The summed E-state index contributed by atoms with van der Waals surface area (Å²) in [5, 5.41) is 10.8. The van der Waals surface area contributed by atoms with E-state index in [1.165, 1.54) is 6.07 Å². The van der Waals surface area contributed by atoms with Crippen molar-refractivity contribution in [3.05, 3.63) is 62.9 Å². The van der Waals surface area contributed by atoms with Gasteiger partial charge in [-0.2, -0.15) is 0 Å². The molecule has 2 atom stereocenters. The monoisotopic (exact) mass is 564 g/mol. The lowest BCUT2D eigenvalue weighted by molar-refractivity contribution is -0.142. The average Bonchev–Trinajstić information content (AvgIpc) is 3.63. The molecule has 2 aliphatic heterocycles. The number of carbonyl (C=O) groups is 2. The molecule has 5 rings (SSSR count). The first-order chi connectivity index (χ1) is 18.2. The van der Waals surface area contributed by atoms with E-state index in [0.29, 0.717) is 28.3 Å². The number of ether oxygens (including phenoxy) is 2. The van der Waals surface area contributed by atoms with Crippen molar-refractivity contribution in [1.29, 1.82) is 0 Å². The Morgan fingerprint density at radius 3 is 2.39 bits per heavy atom. The Morgan fingerprint density at radius 1 is 1.08 bits per heavy atom. The molecular formula is C28H31Cl2FN2O5. The number of nitrogens with zero attached hydrogens (tertiary/aromatic N) is 2. The Hall–Kier alpha value is -2.39. The molecule has 3 fully saturated rings. The van der Waals surface area contributed by atoms with Crippen LogP contribution < -0.4 is 4.74 Å². The third kappa shape index (κ3) is 6.09. The van der Waals surface area contributed by atoms with Crippen molar-refractivity contribution in [3.8, 4) is 5.75 Å². The minimum atomic E-state index is -1.17. The summed E-state index contributed by atoms with van der Waals surface area (Å²) in [5.74, 6) is -1.54. The van der Waals surface area contributed by atoms with Crippen molar-refractivity contribution < 1.29 is 28.6 Å². The van der Waals surface area contributed by atoms with Crippen LogP contribution in [0.3, 0.4) is 0 Å². The SMILES string of the molecule is C[C@H]1OCN(C(=O)c2cc(C3CC3)c(OCC3CCN(Cc4cc(Cl)cc(Cl)c4)CC3)cc2F)C1C(=O)O. The number of benzene rings is 2. The fraction of sp³-hybridized carbons (Fsp3) is 0.500. The zero-order valence-electron chi connectivity index (χ0n) is 21.2. The number of amides is 1. The van der Waals surface area contributed by atoms with Gasteiger partial charge in [0.05, 0.1) is 18.3 Å². The maximum absolute atomic E-state index is 15.2. The van der Waals surface area contributed by atoms with Gasteiger partial charge in [-0.05, 0) is 92.9 Å². The van der Waals surface area contributed by atoms with E-state index in [4.69, 9.17) is 32.7 Å². The van der Waals surface area contributed by atoms with Crippen LogP contribution in [-0.2, 0) is 16.1 Å². The normalized spacial score (nSPS) is 22.6. The average molecular weight is 565 g/mol. The van der Waals surface area contributed by atoms with Crippen molar-refractivity contribution >= 4 is 35.1 Å². The fourth-order valence-corrected chi connectivity index (χ4v) is 5.92. The molecule has 2 heterocycles. The zero-order valence-corrected chi connectivity index (χ0v) is 22.7. The number of carboxylic acid groups (broad SMARTS) is 1. The molecule has 1 unspecified atom stereocenters. The standard InChI is InChI=1S/C28H31Cl2FN2O5/c1-16-26(28(35)36)33(15-38-16)27(34)23-11-22(19-2-3-19)25(12-24(23)31)37-14-17-4-6-32(7-5-17)13-18-8-20(29)10-21(30)9-18/h8-12,16-17,19,26H,2-7,13-15H2,1H3,(H,35,36)/t16-,26?/m1/s1. The fourth-order valence-electron chi connectivity index (χ4n) is 5.35. The summed E-state index contributed by atoms with van der Waals surface area (Å²) in [7, 11) is 0. The van der Waals surface area contributed by atoms with Crippen molar-refractivity contribution in [1.82, 2.24) is 9.80 Å². The topological polar surface area (TPSA) is 79.3 Å². The van der Waals surface area contributed by atoms with Crippen LogP contribution in [0, 0.1) is 11.7 Å². The summed E-state index contributed by atoms with van der Waals surface area (Å²) >= 11 is 12.3. The number of carbonyl (C=O) groups excluding carboxylic acids is 1. The summed E-state index contributed by atoms with van der Waals surface area (Å²) in [6.07, 6.45) is 3.14. The molecule has 10 heteroatoms. The highest BCUT2D eigenvalue weighted by molar-refractivity contribution is 6.34. The maximum atomic E-state index is 15.2. The van der Waals surface area contributed by atoms with Crippen LogP contribution in [0.2, 0.25) is 10.0 Å². The van der Waals surface area contributed by atoms with Gasteiger partial charge >= 0.3 is 5.97 Å². The molecule has 204 valence electrons. The van der Waals surface area contributed by atoms with Crippen LogP contribution in [0.15, 0.2) is 30.3 Å². The Labute approximate surface area is 231 Å². The van der Waals surface area contributed by atoms with Gasteiger partial charge in [0.1, 0.15) is 18.3 Å². The van der Waals surface area contributed by atoms with Crippen molar-refractivity contribution in [2.75, 3.05) is 26.4 Å². The highest BCUT2D eigenvalue weighted by Crippen LogP contribution is 2.45. The lowest BCUT2D eigenvalue weighted by Gasteiger charge is -2.32. The van der Waals surface area contributed by atoms with Crippen molar-refractivity contribution in [2.45, 2.75) is 57.2 Å². The summed E-state index contributed by atoms with van der Waals surface area (Å²) in [6.45, 7) is 4.49. The Kier molecular flexibility index (Phi) is 8.14. The molecule has 0 aromatic heterocycles. The minimum Gasteiger partial charge on any atom is -0.493 e. The second kappa shape index (κ2) is 11.4. The van der Waals surface area contributed by atoms with Crippen LogP contribution >= 0.6 is 23.2 Å². The number of likely N-dealkylation sites (tertiary alicyclic amines) is 1. The quantitative estimate of drug-likeness (QED) is 0.451. The molecule has 1 aliphatic carbocycles. The third-order valence-electron chi connectivity index (χ3n) is 7.63. The predicted molar refractivity (Wildman–Crippen MR) is 141 cm³/mol. The number of carboxylic acids is 1. The predicted octanol–water partition coefficient (Wildman–Crippen LogP) is 5.57. The van der Waals surface area contributed by atoms with Gasteiger partial charge in [-0.3, -0.25) is 14.6 Å². The molecule has 3 aliphatic rings. The van der Waals surface area contributed by atoms with E-state index in [2.05, 4.69) is 4.90 Å². The van der Waals surface area contributed by atoms with Gasteiger partial charge in [0.2, 0.25) is 0 Å². The second-order valence-electron chi connectivity index (χ2n) is 10.5. The van der Waals surface area contributed by atoms with Gasteiger partial charge in [0, 0.05) is 22.7 Å². The van der Waals surface area contributed by atoms with Gasteiger partial charge in [-0.15, -0.1) is 0 Å². The molecule has 1 amide bonds. The Morgan fingerprint density at radius 2 is 1.76 bits per heavy atom. The number of rotatable bonds is 8. The first-order valence-corrected chi connectivity index (χ1v) is 13.7. The summed E-state index contributed by atoms with van der Waals surface area (Å²) in [5.41, 5.74) is 1.75. The van der Waals surface area contributed by atoms with Gasteiger partial charge in [0.25, 0.3) is 5.91 Å². The Bertz CT molecular complexity index is 1200. The molecule has 7 nitrogen and oxygen atoms in total. The first-order valence-electron chi connectivity index (χ1n) is 13.0. The third-order valence-corrected chi connectivity index (χ3v) is 8.06. The van der Waals surface area contributed by atoms with E-state index in [0.717, 1.165) is 61.3 Å². The molecule has 2 aromatic rings. The highest BCUT2D eigenvalue weighted by Gasteiger charge is 2.42. The summed E-state index contributed by atoms with van der Waals surface area (Å²) < 4.78 is 26.7. The molecule has 38 heavy (non-hydrogen) atoms. The van der Waals surface area contributed by atoms with Crippen LogP contribution in [0.25, 0.3) is 0 Å². The second-order valence-corrected chi connectivity index (χ2v) is 11.4. The molecule has 0 bridgehead atoms. The largest absolute Gasteiger partial charge is 0.493 e.